The van der Waals surface area contributed by atoms with Crippen molar-refractivity contribution in [1.29, 1.82) is 0 Å². The minimum atomic E-state index is -0.192. The van der Waals surface area contributed by atoms with E-state index in [1.54, 1.807) is 20.1 Å². The van der Waals surface area contributed by atoms with Crippen LogP contribution in [0.3, 0.4) is 0 Å². The number of methoxy groups -OCH3 is 1. The van der Waals surface area contributed by atoms with Gasteiger partial charge in [0.2, 0.25) is 0 Å². The van der Waals surface area contributed by atoms with Gasteiger partial charge < -0.3 is 15.0 Å². The summed E-state index contributed by atoms with van der Waals surface area (Å²) in [5, 5.41) is 3.70. The number of aryl methyl sites for hydroxylation is 1. The fraction of sp³-hybridized carbons (Fsp3) is 0.188. The van der Waals surface area contributed by atoms with E-state index < -0.39 is 0 Å². The Bertz CT molecular complexity index is 906. The van der Waals surface area contributed by atoms with Crippen molar-refractivity contribution < 1.29 is 4.74 Å². The maximum absolute atomic E-state index is 11.9. The van der Waals surface area contributed by atoms with E-state index in [9.17, 15) is 4.79 Å². The molecule has 118 valence electrons. The second-order valence-electron chi connectivity index (χ2n) is 5.04. The molecule has 0 aliphatic rings. The normalized spacial score (nSPS) is 10.7. The summed E-state index contributed by atoms with van der Waals surface area (Å²) in [4.78, 5) is 23.3. The number of hydrogen-bond donors (Lipinski definition) is 2. The number of rotatable bonds is 4. The molecule has 0 aliphatic heterocycles. The molecule has 0 radical (unpaired) electrons. The van der Waals surface area contributed by atoms with Crippen molar-refractivity contribution in [2.75, 3.05) is 12.4 Å². The van der Waals surface area contributed by atoms with Gasteiger partial charge in [-0.1, -0.05) is 12.1 Å². The maximum Gasteiger partial charge on any atom is 0.260 e. The molecule has 2 heterocycles. The number of aromatic amines is 1. The highest BCUT2D eigenvalue weighted by atomic mass is 79.9. The van der Waals surface area contributed by atoms with Gasteiger partial charge in [-0.2, -0.15) is 0 Å². The quantitative estimate of drug-likeness (QED) is 0.733. The number of benzene rings is 1. The van der Waals surface area contributed by atoms with Crippen LogP contribution in [-0.4, -0.2) is 22.1 Å². The zero-order chi connectivity index (χ0) is 16.4. The fourth-order valence-electron chi connectivity index (χ4n) is 2.20. The topological polar surface area (TPSA) is 79.9 Å². The van der Waals surface area contributed by atoms with Crippen LogP contribution < -0.4 is 15.6 Å². The molecule has 6 nitrogen and oxygen atoms in total. The maximum atomic E-state index is 11.9. The highest BCUT2D eigenvalue weighted by Gasteiger charge is 2.09. The van der Waals surface area contributed by atoms with E-state index >= 15 is 0 Å². The van der Waals surface area contributed by atoms with Crippen LogP contribution in [0.4, 0.5) is 5.82 Å². The third-order valence-corrected chi connectivity index (χ3v) is 3.99. The summed E-state index contributed by atoms with van der Waals surface area (Å²) in [6.07, 6.45) is 0. The molecule has 1 aromatic carbocycles. The average molecular weight is 375 g/mol. The molecule has 0 amide bonds. The van der Waals surface area contributed by atoms with Gasteiger partial charge >= 0.3 is 0 Å². The number of H-pyrrole nitrogens is 1. The van der Waals surface area contributed by atoms with Crippen molar-refractivity contribution >= 4 is 32.8 Å². The van der Waals surface area contributed by atoms with Gasteiger partial charge in [0, 0.05) is 6.54 Å². The van der Waals surface area contributed by atoms with Gasteiger partial charge in [-0.15, -0.1) is 0 Å². The number of fused-ring (bicyclic) bond motifs is 1. The van der Waals surface area contributed by atoms with E-state index in [4.69, 9.17) is 4.74 Å². The highest BCUT2D eigenvalue weighted by Crippen LogP contribution is 2.23. The second-order valence-corrected chi connectivity index (χ2v) is 5.90. The average Bonchev–Trinajstić information content (AvgIpc) is 2.54. The Balaban J connectivity index is 1.87. The molecule has 3 rings (SSSR count). The predicted molar refractivity (Wildman–Crippen MR) is 92.9 cm³/mol. The first-order chi connectivity index (χ1) is 11.1. The molecule has 0 aliphatic carbocycles. The summed E-state index contributed by atoms with van der Waals surface area (Å²) in [6, 6.07) is 9.50. The van der Waals surface area contributed by atoms with E-state index in [1.807, 2.05) is 24.3 Å². The van der Waals surface area contributed by atoms with Crippen molar-refractivity contribution in [2.45, 2.75) is 13.5 Å². The zero-order valence-corrected chi connectivity index (χ0v) is 14.3. The Kier molecular flexibility index (Phi) is 4.29. The van der Waals surface area contributed by atoms with E-state index in [0.717, 1.165) is 15.8 Å². The Morgan fingerprint density at radius 2 is 2.00 bits per heavy atom. The largest absolute Gasteiger partial charge is 0.497 e. The number of aromatic nitrogens is 3. The molecule has 7 heteroatoms. The molecule has 0 atom stereocenters. The standard InChI is InChI=1S/C16H15BrN4O2/c1-9-19-14-12(16(22)20-9)7-13(17)15(21-14)18-8-10-3-5-11(23-2)6-4-10/h3-7H,8H2,1-2H3,(H2,18,19,20,21,22). The van der Waals surface area contributed by atoms with E-state index in [-0.39, 0.29) is 5.56 Å². The predicted octanol–water partition coefficient (Wildman–Crippen LogP) is 3.01. The smallest absolute Gasteiger partial charge is 0.260 e. The summed E-state index contributed by atoms with van der Waals surface area (Å²) >= 11 is 3.44. The molecular weight excluding hydrogens is 360 g/mol. The monoisotopic (exact) mass is 374 g/mol. The van der Waals surface area contributed by atoms with E-state index in [2.05, 4.69) is 36.2 Å². The van der Waals surface area contributed by atoms with E-state index in [1.165, 1.54) is 0 Å². The highest BCUT2D eigenvalue weighted by molar-refractivity contribution is 9.10. The summed E-state index contributed by atoms with van der Waals surface area (Å²) < 4.78 is 5.86. The van der Waals surface area contributed by atoms with Crippen LogP contribution in [0, 0.1) is 6.92 Å². The summed E-state index contributed by atoms with van der Waals surface area (Å²) in [5.74, 6) is 2.00. The number of ether oxygens (including phenoxy) is 1. The Morgan fingerprint density at radius 3 is 2.70 bits per heavy atom. The molecule has 0 saturated carbocycles. The molecular formula is C16H15BrN4O2. The number of anilines is 1. The summed E-state index contributed by atoms with van der Waals surface area (Å²) in [7, 11) is 1.64. The lowest BCUT2D eigenvalue weighted by Gasteiger charge is -2.09. The van der Waals surface area contributed by atoms with Crippen LogP contribution in [0.1, 0.15) is 11.4 Å². The Morgan fingerprint density at radius 1 is 1.26 bits per heavy atom. The zero-order valence-electron chi connectivity index (χ0n) is 12.7. The molecule has 0 spiro atoms. The third kappa shape index (κ3) is 3.34. The minimum Gasteiger partial charge on any atom is -0.497 e. The van der Waals surface area contributed by atoms with Crippen molar-refractivity contribution in [2.24, 2.45) is 0 Å². The molecule has 2 aromatic heterocycles. The molecule has 3 aromatic rings. The minimum absolute atomic E-state index is 0.192. The lowest BCUT2D eigenvalue weighted by molar-refractivity contribution is 0.414. The summed E-state index contributed by atoms with van der Waals surface area (Å²) in [6.45, 7) is 2.33. The lowest BCUT2D eigenvalue weighted by atomic mass is 10.2. The van der Waals surface area contributed by atoms with Gasteiger partial charge in [0.25, 0.3) is 5.56 Å². The van der Waals surface area contributed by atoms with Crippen LogP contribution in [0.25, 0.3) is 11.0 Å². The van der Waals surface area contributed by atoms with Crippen LogP contribution in [0.5, 0.6) is 5.75 Å². The molecule has 0 unspecified atom stereocenters. The van der Waals surface area contributed by atoms with Gasteiger partial charge in [-0.05, 0) is 46.6 Å². The first-order valence-corrected chi connectivity index (χ1v) is 7.80. The van der Waals surface area contributed by atoms with Gasteiger partial charge in [-0.25, -0.2) is 9.97 Å². The number of halogens is 1. The second kappa shape index (κ2) is 6.37. The number of nitrogens with zero attached hydrogens (tertiary/aromatic N) is 2. The van der Waals surface area contributed by atoms with Crippen molar-refractivity contribution in [3.05, 3.63) is 56.5 Å². The van der Waals surface area contributed by atoms with Crippen molar-refractivity contribution in [1.82, 2.24) is 15.0 Å². The van der Waals surface area contributed by atoms with Crippen LogP contribution in [0.2, 0.25) is 0 Å². The lowest BCUT2D eigenvalue weighted by Crippen LogP contribution is -2.12. The van der Waals surface area contributed by atoms with Crippen molar-refractivity contribution in [3.8, 4) is 5.75 Å². The number of nitrogens with one attached hydrogen (secondary N) is 2. The van der Waals surface area contributed by atoms with Crippen molar-refractivity contribution in [3.63, 3.8) is 0 Å². The number of pyridine rings is 1. The van der Waals surface area contributed by atoms with Gasteiger partial charge in [0.1, 0.15) is 17.4 Å². The molecule has 2 N–H and O–H groups in total. The van der Waals surface area contributed by atoms with Gasteiger partial charge in [-0.3, -0.25) is 4.79 Å². The van der Waals surface area contributed by atoms with Crippen LogP contribution in [0.15, 0.2) is 39.6 Å². The fourth-order valence-corrected chi connectivity index (χ4v) is 2.66. The Labute approximate surface area is 141 Å². The van der Waals surface area contributed by atoms with Gasteiger partial charge in [0.05, 0.1) is 17.0 Å². The Hall–Kier alpha value is -2.41. The first-order valence-electron chi connectivity index (χ1n) is 7.01. The molecule has 0 saturated heterocycles. The third-order valence-electron chi connectivity index (χ3n) is 3.39. The van der Waals surface area contributed by atoms with Crippen LogP contribution >= 0.6 is 15.9 Å². The summed E-state index contributed by atoms with van der Waals surface area (Å²) in [5.41, 5.74) is 1.32. The molecule has 0 fully saturated rings. The molecule has 23 heavy (non-hydrogen) atoms. The molecule has 0 bridgehead atoms. The first kappa shape index (κ1) is 15.5. The SMILES string of the molecule is COc1ccc(CNc2nc3nc(C)[nH]c(=O)c3cc2Br)cc1. The van der Waals surface area contributed by atoms with E-state index in [0.29, 0.717) is 29.2 Å². The number of hydrogen-bond acceptors (Lipinski definition) is 5. The van der Waals surface area contributed by atoms with Gasteiger partial charge in [0.15, 0.2) is 5.65 Å². The van der Waals surface area contributed by atoms with Crippen LogP contribution in [-0.2, 0) is 6.54 Å².